The second-order valence-corrected chi connectivity index (χ2v) is 8.82. The predicted molar refractivity (Wildman–Crippen MR) is 107 cm³/mol. The smallest absolute Gasteiger partial charge is 0.244 e. The number of hydrogen-bond acceptors (Lipinski definition) is 7. The van der Waals surface area contributed by atoms with E-state index in [4.69, 9.17) is 0 Å². The van der Waals surface area contributed by atoms with Crippen molar-refractivity contribution in [2.45, 2.75) is 17.7 Å². The number of aryl methyl sites for hydroxylation is 1. The summed E-state index contributed by atoms with van der Waals surface area (Å²) in [6.07, 6.45) is 4.64. The van der Waals surface area contributed by atoms with Gasteiger partial charge in [-0.1, -0.05) is 18.2 Å². The minimum Gasteiger partial charge on any atom is -0.301 e. The Bertz CT molecular complexity index is 1020. The van der Waals surface area contributed by atoms with E-state index in [0.717, 1.165) is 30.9 Å². The molecule has 0 bridgehead atoms. The highest BCUT2D eigenvalue weighted by Gasteiger charge is 2.28. The van der Waals surface area contributed by atoms with Gasteiger partial charge in [-0.15, -0.1) is 5.10 Å². The average Bonchev–Trinajstić information content (AvgIpc) is 3.24. The van der Waals surface area contributed by atoms with Crippen LogP contribution < -0.4 is 0 Å². The average molecular weight is 414 g/mol. The highest BCUT2D eigenvalue weighted by atomic mass is 32.2. The van der Waals surface area contributed by atoms with E-state index >= 15 is 0 Å². The second-order valence-electron chi connectivity index (χ2n) is 6.88. The molecule has 29 heavy (non-hydrogen) atoms. The van der Waals surface area contributed by atoms with Crippen LogP contribution in [-0.4, -0.2) is 75.5 Å². The molecule has 1 fully saturated rings. The lowest BCUT2D eigenvalue weighted by Crippen LogP contribution is -2.48. The molecule has 0 spiro atoms. The van der Waals surface area contributed by atoms with Crippen molar-refractivity contribution in [1.82, 2.24) is 34.4 Å². The Morgan fingerprint density at radius 2 is 1.76 bits per heavy atom. The summed E-state index contributed by atoms with van der Waals surface area (Å²) in [6.45, 7) is 3.27. The van der Waals surface area contributed by atoms with Gasteiger partial charge in [0, 0.05) is 45.0 Å². The summed E-state index contributed by atoms with van der Waals surface area (Å²) in [5, 5.41) is 12.0. The van der Waals surface area contributed by atoms with Crippen LogP contribution in [0.1, 0.15) is 12.2 Å². The van der Waals surface area contributed by atoms with Crippen LogP contribution in [0.2, 0.25) is 0 Å². The SMILES string of the molecule is O=S(=O)(c1cccnc1)N1CCN(CCCc2nnnn2-c2ccccc2)CC1. The summed E-state index contributed by atoms with van der Waals surface area (Å²) in [4.78, 5) is 6.45. The van der Waals surface area contributed by atoms with Crippen LogP contribution in [0.15, 0.2) is 59.8 Å². The number of tetrazole rings is 1. The van der Waals surface area contributed by atoms with Crippen LogP contribution in [0, 0.1) is 0 Å². The molecule has 0 radical (unpaired) electrons. The molecule has 0 aliphatic carbocycles. The standard InChI is InChI=1S/C19H23N7O2S/c27-29(28,18-8-4-10-20-16-18)25-14-12-24(13-15-25)11-5-9-19-21-22-23-26(19)17-6-2-1-3-7-17/h1-4,6-8,10,16H,5,9,11-15H2. The van der Waals surface area contributed by atoms with E-state index in [1.54, 1.807) is 23.0 Å². The van der Waals surface area contributed by atoms with Gasteiger partial charge in [0.1, 0.15) is 4.90 Å². The van der Waals surface area contributed by atoms with Crippen molar-refractivity contribution >= 4 is 10.0 Å². The molecule has 10 heteroatoms. The molecule has 2 aromatic heterocycles. The molecule has 0 amide bonds. The first-order valence-electron chi connectivity index (χ1n) is 9.60. The van der Waals surface area contributed by atoms with E-state index in [1.165, 1.54) is 10.5 Å². The molecule has 1 aliphatic heterocycles. The van der Waals surface area contributed by atoms with E-state index in [1.807, 2.05) is 30.3 Å². The molecule has 0 saturated carbocycles. The minimum absolute atomic E-state index is 0.251. The summed E-state index contributed by atoms with van der Waals surface area (Å²) >= 11 is 0. The number of pyridine rings is 1. The third kappa shape index (κ3) is 4.50. The number of para-hydroxylation sites is 1. The van der Waals surface area contributed by atoms with E-state index in [9.17, 15) is 8.42 Å². The molecule has 0 N–H and O–H groups in total. The number of piperazine rings is 1. The molecular formula is C19H23N7O2S. The van der Waals surface area contributed by atoms with Gasteiger partial charge in [0.2, 0.25) is 10.0 Å². The fourth-order valence-electron chi connectivity index (χ4n) is 3.43. The lowest BCUT2D eigenvalue weighted by molar-refractivity contribution is 0.186. The third-order valence-electron chi connectivity index (χ3n) is 5.01. The Labute approximate surface area is 170 Å². The normalized spacial score (nSPS) is 16.1. The van der Waals surface area contributed by atoms with Crippen molar-refractivity contribution in [3.8, 4) is 5.69 Å². The van der Waals surface area contributed by atoms with Gasteiger partial charge in [-0.2, -0.15) is 8.99 Å². The first-order chi connectivity index (χ1) is 14.1. The Morgan fingerprint density at radius 3 is 2.48 bits per heavy atom. The van der Waals surface area contributed by atoms with Gasteiger partial charge in [0.25, 0.3) is 0 Å². The Balaban J connectivity index is 1.28. The molecule has 1 aliphatic rings. The topological polar surface area (TPSA) is 97.1 Å². The second kappa shape index (κ2) is 8.76. The monoisotopic (exact) mass is 413 g/mol. The van der Waals surface area contributed by atoms with Crippen LogP contribution in [0.25, 0.3) is 5.69 Å². The summed E-state index contributed by atoms with van der Waals surface area (Å²) in [7, 11) is -3.46. The quantitative estimate of drug-likeness (QED) is 0.570. The number of nitrogens with zero attached hydrogens (tertiary/aromatic N) is 7. The van der Waals surface area contributed by atoms with Crippen molar-refractivity contribution in [3.63, 3.8) is 0 Å². The van der Waals surface area contributed by atoms with E-state index in [-0.39, 0.29) is 4.90 Å². The van der Waals surface area contributed by atoms with Crippen LogP contribution in [-0.2, 0) is 16.4 Å². The van der Waals surface area contributed by atoms with Gasteiger partial charge in [0.15, 0.2) is 5.82 Å². The number of aromatic nitrogens is 5. The molecule has 1 aromatic carbocycles. The third-order valence-corrected chi connectivity index (χ3v) is 6.90. The molecule has 1 saturated heterocycles. The van der Waals surface area contributed by atoms with Crippen LogP contribution in [0.4, 0.5) is 0 Å². The molecule has 152 valence electrons. The maximum Gasteiger partial charge on any atom is 0.244 e. The highest BCUT2D eigenvalue weighted by Crippen LogP contribution is 2.17. The number of sulfonamides is 1. The number of hydrogen-bond donors (Lipinski definition) is 0. The van der Waals surface area contributed by atoms with Crippen molar-refractivity contribution in [1.29, 1.82) is 0 Å². The van der Waals surface area contributed by atoms with Gasteiger partial charge in [-0.3, -0.25) is 4.98 Å². The van der Waals surface area contributed by atoms with Crippen molar-refractivity contribution < 1.29 is 8.42 Å². The Kier molecular flexibility index (Phi) is 5.93. The van der Waals surface area contributed by atoms with Gasteiger partial charge < -0.3 is 4.90 Å². The number of rotatable bonds is 7. The maximum atomic E-state index is 12.7. The van der Waals surface area contributed by atoms with E-state index in [2.05, 4.69) is 25.4 Å². The van der Waals surface area contributed by atoms with Gasteiger partial charge in [-0.25, -0.2) is 8.42 Å². The minimum atomic E-state index is -3.46. The molecular weight excluding hydrogens is 390 g/mol. The molecule has 4 rings (SSSR count). The zero-order valence-corrected chi connectivity index (χ0v) is 16.8. The van der Waals surface area contributed by atoms with Gasteiger partial charge >= 0.3 is 0 Å². The summed E-state index contributed by atoms with van der Waals surface area (Å²) in [5.74, 6) is 0.828. The lowest BCUT2D eigenvalue weighted by atomic mass is 10.2. The maximum absolute atomic E-state index is 12.7. The summed E-state index contributed by atoms with van der Waals surface area (Å²) in [5.41, 5.74) is 0.946. The number of benzene rings is 1. The summed E-state index contributed by atoms with van der Waals surface area (Å²) in [6, 6.07) is 13.1. The fraction of sp³-hybridized carbons (Fsp3) is 0.368. The van der Waals surface area contributed by atoms with Crippen molar-refractivity contribution in [3.05, 3.63) is 60.7 Å². The molecule has 0 atom stereocenters. The van der Waals surface area contributed by atoms with Gasteiger partial charge in [-0.05, 0) is 47.7 Å². The Morgan fingerprint density at radius 1 is 0.966 bits per heavy atom. The molecule has 3 heterocycles. The fourth-order valence-corrected chi connectivity index (χ4v) is 4.82. The zero-order valence-electron chi connectivity index (χ0n) is 16.0. The van der Waals surface area contributed by atoms with Crippen molar-refractivity contribution in [2.75, 3.05) is 32.7 Å². The summed E-state index contributed by atoms with van der Waals surface area (Å²) < 4.78 is 28.7. The van der Waals surface area contributed by atoms with Crippen LogP contribution in [0.3, 0.4) is 0 Å². The van der Waals surface area contributed by atoms with E-state index < -0.39 is 10.0 Å². The zero-order chi connectivity index (χ0) is 20.1. The largest absolute Gasteiger partial charge is 0.301 e. The lowest BCUT2D eigenvalue weighted by Gasteiger charge is -2.33. The Hall–Kier alpha value is -2.69. The molecule has 0 unspecified atom stereocenters. The highest BCUT2D eigenvalue weighted by molar-refractivity contribution is 7.89. The predicted octanol–water partition coefficient (Wildman–Crippen LogP) is 0.996. The van der Waals surface area contributed by atoms with Crippen molar-refractivity contribution in [2.24, 2.45) is 0 Å². The van der Waals surface area contributed by atoms with Gasteiger partial charge in [0.05, 0.1) is 5.69 Å². The van der Waals surface area contributed by atoms with E-state index in [0.29, 0.717) is 26.2 Å². The van der Waals surface area contributed by atoms with Crippen LogP contribution in [0.5, 0.6) is 0 Å². The molecule has 3 aromatic rings. The van der Waals surface area contributed by atoms with Crippen LogP contribution >= 0.6 is 0 Å². The first kappa shape index (κ1) is 19.6. The molecule has 9 nitrogen and oxygen atoms in total. The first-order valence-corrected chi connectivity index (χ1v) is 11.0.